The number of hydrogen-bond donors (Lipinski definition) is 2. The Balaban J connectivity index is 1.74. The fourth-order valence-corrected chi connectivity index (χ4v) is 3.97. The van der Waals surface area contributed by atoms with E-state index in [1.165, 1.54) is 5.56 Å². The summed E-state index contributed by atoms with van der Waals surface area (Å²) in [5.41, 5.74) is 5.26. The lowest BCUT2D eigenvalue weighted by molar-refractivity contribution is 0.408. The maximum atomic E-state index is 10.5. The van der Waals surface area contributed by atoms with Gasteiger partial charge in [0.15, 0.2) is 0 Å². The summed E-state index contributed by atoms with van der Waals surface area (Å²) in [6.07, 6.45) is 0.481. The molecule has 148 valence electrons. The molecule has 1 aliphatic rings. The monoisotopic (exact) mass is 450 g/mol. The Morgan fingerprint density at radius 2 is 1.76 bits per heavy atom. The highest BCUT2D eigenvalue weighted by atomic mass is 79.9. The van der Waals surface area contributed by atoms with Gasteiger partial charge in [0.25, 0.3) is 0 Å². The Hall–Kier alpha value is -2.63. The third-order valence-electron chi connectivity index (χ3n) is 5.22. The molecule has 4 nitrogen and oxygen atoms in total. The van der Waals surface area contributed by atoms with Crippen LogP contribution in [0.4, 0.5) is 0 Å². The first-order valence-electron chi connectivity index (χ1n) is 9.55. The van der Waals surface area contributed by atoms with Crippen molar-refractivity contribution in [1.29, 1.82) is 0 Å². The molecular formula is C24H23BrN2O2. The molecule has 0 fully saturated rings. The van der Waals surface area contributed by atoms with Gasteiger partial charge in [-0.2, -0.15) is 0 Å². The van der Waals surface area contributed by atoms with Crippen LogP contribution in [-0.2, 0) is 0 Å². The van der Waals surface area contributed by atoms with Crippen LogP contribution < -0.4 is 10.1 Å². The molecule has 0 radical (unpaired) electrons. The van der Waals surface area contributed by atoms with Crippen LogP contribution in [0.25, 0.3) is 0 Å². The van der Waals surface area contributed by atoms with E-state index in [1.54, 1.807) is 13.2 Å². The Bertz CT molecular complexity index is 1030. The summed E-state index contributed by atoms with van der Waals surface area (Å²) >= 11 is 3.52. The van der Waals surface area contributed by atoms with Crippen molar-refractivity contribution >= 4 is 21.6 Å². The lowest BCUT2D eigenvalue weighted by Crippen LogP contribution is -2.33. The average Bonchev–Trinajstić information content (AvgIpc) is 2.75. The molecule has 4 rings (SSSR count). The third-order valence-corrected chi connectivity index (χ3v) is 5.72. The van der Waals surface area contributed by atoms with Crippen molar-refractivity contribution in [2.45, 2.75) is 25.6 Å². The van der Waals surface area contributed by atoms with Gasteiger partial charge in [0, 0.05) is 28.2 Å². The summed E-state index contributed by atoms with van der Waals surface area (Å²) in [6.45, 7) is 2.08. The molecular weight excluding hydrogens is 428 g/mol. The van der Waals surface area contributed by atoms with Gasteiger partial charge in [-0.3, -0.25) is 10.3 Å². The van der Waals surface area contributed by atoms with Crippen LogP contribution in [0.15, 0.2) is 76.2 Å². The maximum absolute atomic E-state index is 10.5. The van der Waals surface area contributed by atoms with Crippen LogP contribution in [0.5, 0.6) is 11.5 Å². The number of halogens is 1. The number of aromatic hydroxyl groups is 1. The van der Waals surface area contributed by atoms with Crippen molar-refractivity contribution in [3.8, 4) is 11.5 Å². The molecule has 29 heavy (non-hydrogen) atoms. The molecule has 1 heterocycles. The van der Waals surface area contributed by atoms with Crippen LogP contribution in [0, 0.1) is 6.92 Å². The number of phenolic OH excluding ortho intramolecular Hbond substituents is 1. The Labute approximate surface area is 179 Å². The van der Waals surface area contributed by atoms with Crippen molar-refractivity contribution in [3.05, 3.63) is 93.5 Å². The van der Waals surface area contributed by atoms with Crippen LogP contribution >= 0.6 is 15.9 Å². The number of nitrogens with zero attached hydrogens (tertiary/aromatic N) is 1. The summed E-state index contributed by atoms with van der Waals surface area (Å²) in [4.78, 5) is 5.01. The topological polar surface area (TPSA) is 53.9 Å². The minimum absolute atomic E-state index is 0.0617. The summed E-state index contributed by atoms with van der Waals surface area (Å²) in [7, 11) is 1.66. The fraction of sp³-hybridized carbons (Fsp3) is 0.208. The molecule has 0 amide bonds. The largest absolute Gasteiger partial charge is 0.508 e. The molecule has 0 spiro atoms. The zero-order valence-electron chi connectivity index (χ0n) is 16.4. The highest BCUT2D eigenvalue weighted by Crippen LogP contribution is 2.36. The summed E-state index contributed by atoms with van der Waals surface area (Å²) in [5, 5.41) is 14.1. The van der Waals surface area contributed by atoms with Crippen LogP contribution in [0.1, 0.15) is 40.9 Å². The van der Waals surface area contributed by atoms with E-state index in [2.05, 4.69) is 52.4 Å². The molecule has 0 aromatic heterocycles. The Kier molecular flexibility index (Phi) is 5.69. The van der Waals surface area contributed by atoms with Gasteiger partial charge in [-0.25, -0.2) is 0 Å². The molecule has 1 aliphatic heterocycles. The number of nitrogens with one attached hydrogen (secondary N) is 1. The standard InChI is InChI=1S/C24H23BrN2O2/c1-15-3-5-16(6-4-15)21-14-22(20-13-18(25)9-12-23(20)28)27-24(26-21)17-7-10-19(29-2)11-8-17/h3-13,22,24,27-28H,14H2,1-2H3/t22-,24+/m1/s1. The van der Waals surface area contributed by atoms with Crippen LogP contribution in [0.3, 0.4) is 0 Å². The van der Waals surface area contributed by atoms with E-state index in [0.29, 0.717) is 6.42 Å². The molecule has 0 unspecified atom stereocenters. The van der Waals surface area contributed by atoms with Crippen LogP contribution in [0.2, 0.25) is 0 Å². The second-order valence-corrected chi connectivity index (χ2v) is 8.16. The van der Waals surface area contributed by atoms with E-state index in [4.69, 9.17) is 9.73 Å². The van der Waals surface area contributed by atoms with Gasteiger partial charge in [-0.1, -0.05) is 57.9 Å². The number of phenols is 1. The minimum Gasteiger partial charge on any atom is -0.508 e. The summed E-state index contributed by atoms with van der Waals surface area (Å²) in [6, 6.07) is 21.8. The van der Waals surface area contributed by atoms with E-state index >= 15 is 0 Å². The number of aliphatic imine (C=N–C) groups is 1. The predicted molar refractivity (Wildman–Crippen MR) is 120 cm³/mol. The molecule has 0 saturated heterocycles. The lowest BCUT2D eigenvalue weighted by atomic mass is 9.93. The summed E-state index contributed by atoms with van der Waals surface area (Å²) < 4.78 is 6.22. The van der Waals surface area contributed by atoms with E-state index in [-0.39, 0.29) is 18.0 Å². The predicted octanol–water partition coefficient (Wildman–Crippen LogP) is 5.69. The molecule has 3 aromatic carbocycles. The highest BCUT2D eigenvalue weighted by Gasteiger charge is 2.27. The van der Waals surface area contributed by atoms with Gasteiger partial charge >= 0.3 is 0 Å². The van der Waals surface area contributed by atoms with Crippen molar-refractivity contribution in [2.75, 3.05) is 7.11 Å². The lowest BCUT2D eigenvalue weighted by Gasteiger charge is -2.31. The Morgan fingerprint density at radius 3 is 2.45 bits per heavy atom. The van der Waals surface area contributed by atoms with E-state index in [1.807, 2.05) is 36.4 Å². The zero-order chi connectivity index (χ0) is 20.4. The number of ether oxygens (including phenoxy) is 1. The Morgan fingerprint density at radius 1 is 1.03 bits per heavy atom. The van der Waals surface area contributed by atoms with Gasteiger partial charge in [-0.05, 0) is 48.4 Å². The fourth-order valence-electron chi connectivity index (χ4n) is 3.59. The van der Waals surface area contributed by atoms with E-state index < -0.39 is 0 Å². The first kappa shape index (κ1) is 19.7. The summed E-state index contributed by atoms with van der Waals surface area (Å²) in [5.74, 6) is 1.10. The van der Waals surface area contributed by atoms with Gasteiger partial charge < -0.3 is 9.84 Å². The number of benzene rings is 3. The van der Waals surface area contributed by atoms with Crippen molar-refractivity contribution < 1.29 is 9.84 Å². The molecule has 0 aliphatic carbocycles. The van der Waals surface area contributed by atoms with Gasteiger partial charge in [0.05, 0.1) is 7.11 Å². The van der Waals surface area contributed by atoms with Gasteiger partial charge in [-0.15, -0.1) is 0 Å². The number of hydrogen-bond acceptors (Lipinski definition) is 4. The minimum atomic E-state index is -0.214. The maximum Gasteiger partial charge on any atom is 0.126 e. The number of aryl methyl sites for hydroxylation is 1. The van der Waals surface area contributed by atoms with Crippen molar-refractivity contribution in [3.63, 3.8) is 0 Å². The van der Waals surface area contributed by atoms with Crippen molar-refractivity contribution in [1.82, 2.24) is 5.32 Å². The second kappa shape index (κ2) is 8.39. The molecule has 2 atom stereocenters. The van der Waals surface area contributed by atoms with Crippen LogP contribution in [-0.4, -0.2) is 17.9 Å². The molecule has 3 aromatic rings. The zero-order valence-corrected chi connectivity index (χ0v) is 18.0. The molecule has 0 bridgehead atoms. The first-order valence-corrected chi connectivity index (χ1v) is 10.3. The normalized spacial score (nSPS) is 18.9. The quantitative estimate of drug-likeness (QED) is 0.536. The van der Waals surface area contributed by atoms with E-state index in [0.717, 1.165) is 32.6 Å². The second-order valence-electron chi connectivity index (χ2n) is 7.24. The molecule has 0 saturated carbocycles. The smallest absolute Gasteiger partial charge is 0.126 e. The number of methoxy groups -OCH3 is 1. The number of rotatable bonds is 4. The van der Waals surface area contributed by atoms with Crippen molar-refractivity contribution in [2.24, 2.45) is 4.99 Å². The third kappa shape index (κ3) is 4.36. The van der Waals surface area contributed by atoms with Gasteiger partial charge in [0.2, 0.25) is 0 Å². The van der Waals surface area contributed by atoms with E-state index in [9.17, 15) is 5.11 Å². The molecule has 2 N–H and O–H groups in total. The SMILES string of the molecule is COc1ccc([C@H]2N=C(c3ccc(C)cc3)C[C@H](c3cc(Br)ccc3O)N2)cc1. The highest BCUT2D eigenvalue weighted by molar-refractivity contribution is 9.10. The first-order chi connectivity index (χ1) is 14.0. The van der Waals surface area contributed by atoms with Gasteiger partial charge in [0.1, 0.15) is 17.7 Å². The average molecular weight is 451 g/mol. The molecule has 5 heteroatoms.